The van der Waals surface area contributed by atoms with E-state index in [-0.39, 0.29) is 11.8 Å². The number of halogens is 1. The fourth-order valence-electron chi connectivity index (χ4n) is 2.75. The third-order valence-electron chi connectivity index (χ3n) is 4.00. The number of carboxylic acids is 1. The van der Waals surface area contributed by atoms with Crippen LogP contribution in [0.15, 0.2) is 22.7 Å². The molecule has 0 spiro atoms. The van der Waals surface area contributed by atoms with E-state index >= 15 is 0 Å². The Balaban J connectivity index is 2.36. The second-order valence-corrected chi connectivity index (χ2v) is 6.34. The Morgan fingerprint density at radius 2 is 2.15 bits per heavy atom. The van der Waals surface area contributed by atoms with Crippen molar-refractivity contribution in [1.82, 2.24) is 4.90 Å². The lowest BCUT2D eigenvalue weighted by Gasteiger charge is -2.20. The highest BCUT2D eigenvalue weighted by Crippen LogP contribution is 2.38. The maximum atomic E-state index is 11.5. The molecule has 5 heteroatoms. The van der Waals surface area contributed by atoms with Crippen molar-refractivity contribution in [2.75, 3.05) is 20.2 Å². The average Bonchev–Trinajstić information content (AvgIpc) is 2.84. The van der Waals surface area contributed by atoms with Crippen LogP contribution in [0, 0.1) is 5.92 Å². The molecule has 110 valence electrons. The summed E-state index contributed by atoms with van der Waals surface area (Å²) in [7, 11) is 1.62. The molecule has 2 rings (SSSR count). The molecule has 1 aromatic rings. The summed E-state index contributed by atoms with van der Waals surface area (Å²) in [5.41, 5.74) is 1.01. The van der Waals surface area contributed by atoms with E-state index in [1.54, 1.807) is 7.11 Å². The molecule has 0 aromatic heterocycles. The number of benzene rings is 1. The number of carboxylic acid groups (broad SMARTS) is 1. The third-order valence-corrected chi connectivity index (χ3v) is 4.72. The molecule has 1 aliphatic heterocycles. The third kappa shape index (κ3) is 2.99. The number of rotatable bonds is 4. The van der Waals surface area contributed by atoms with Crippen molar-refractivity contribution >= 4 is 21.9 Å². The summed E-state index contributed by atoms with van der Waals surface area (Å²) in [6, 6.07) is 6.09. The van der Waals surface area contributed by atoms with Crippen molar-refractivity contribution in [2.45, 2.75) is 25.8 Å². The molecule has 2 unspecified atom stereocenters. The highest BCUT2D eigenvalue weighted by atomic mass is 79.9. The monoisotopic (exact) mass is 341 g/mol. The molecule has 1 aliphatic rings. The van der Waals surface area contributed by atoms with E-state index in [0.29, 0.717) is 12.6 Å². The van der Waals surface area contributed by atoms with Crippen molar-refractivity contribution in [1.29, 1.82) is 0 Å². The van der Waals surface area contributed by atoms with Gasteiger partial charge in [0.25, 0.3) is 0 Å². The van der Waals surface area contributed by atoms with Gasteiger partial charge in [0, 0.05) is 29.5 Å². The fraction of sp³-hybridized carbons (Fsp3) is 0.533. The second-order valence-electron chi connectivity index (χ2n) is 5.49. The topological polar surface area (TPSA) is 49.8 Å². The van der Waals surface area contributed by atoms with Gasteiger partial charge in [0.1, 0.15) is 5.75 Å². The van der Waals surface area contributed by atoms with Crippen molar-refractivity contribution in [3.05, 3.63) is 28.2 Å². The van der Waals surface area contributed by atoms with Crippen LogP contribution in [0.1, 0.15) is 25.3 Å². The van der Waals surface area contributed by atoms with Crippen LogP contribution in [-0.4, -0.2) is 42.2 Å². The number of ether oxygens (including phenoxy) is 1. The Bertz CT molecular complexity index is 504. The summed E-state index contributed by atoms with van der Waals surface area (Å²) in [6.07, 6.45) is 0. The fourth-order valence-corrected chi connectivity index (χ4v) is 3.29. The van der Waals surface area contributed by atoms with E-state index in [1.807, 2.05) is 18.2 Å². The molecule has 2 atom stereocenters. The SMILES string of the molecule is COc1ccc(Br)c(C2CN(C(C)C)CC2C(=O)O)c1. The lowest BCUT2D eigenvalue weighted by Crippen LogP contribution is -2.29. The predicted molar refractivity (Wildman–Crippen MR) is 81.3 cm³/mol. The Morgan fingerprint density at radius 1 is 1.45 bits per heavy atom. The summed E-state index contributed by atoms with van der Waals surface area (Å²) in [6.45, 7) is 5.56. The highest BCUT2D eigenvalue weighted by Gasteiger charge is 2.40. The molecule has 0 saturated carbocycles. The molecular weight excluding hydrogens is 322 g/mol. The van der Waals surface area contributed by atoms with Crippen LogP contribution in [0.4, 0.5) is 0 Å². The smallest absolute Gasteiger partial charge is 0.308 e. The lowest BCUT2D eigenvalue weighted by atomic mass is 9.89. The number of carbonyl (C=O) groups is 1. The van der Waals surface area contributed by atoms with Gasteiger partial charge < -0.3 is 9.84 Å². The van der Waals surface area contributed by atoms with Crippen LogP contribution in [-0.2, 0) is 4.79 Å². The van der Waals surface area contributed by atoms with Crippen LogP contribution in [0.3, 0.4) is 0 Å². The number of nitrogens with zero attached hydrogens (tertiary/aromatic N) is 1. The second kappa shape index (κ2) is 6.14. The molecule has 20 heavy (non-hydrogen) atoms. The van der Waals surface area contributed by atoms with Gasteiger partial charge in [-0.15, -0.1) is 0 Å². The van der Waals surface area contributed by atoms with Gasteiger partial charge in [0.2, 0.25) is 0 Å². The van der Waals surface area contributed by atoms with Gasteiger partial charge in [-0.2, -0.15) is 0 Å². The van der Waals surface area contributed by atoms with E-state index in [4.69, 9.17) is 4.74 Å². The van der Waals surface area contributed by atoms with Gasteiger partial charge in [0.15, 0.2) is 0 Å². The largest absolute Gasteiger partial charge is 0.497 e. The van der Waals surface area contributed by atoms with Crippen LogP contribution in [0.5, 0.6) is 5.75 Å². The normalized spacial score (nSPS) is 23.2. The van der Waals surface area contributed by atoms with E-state index in [1.165, 1.54) is 0 Å². The standard InChI is InChI=1S/C15H20BrNO3/c1-9(2)17-7-12(13(8-17)15(18)19)11-6-10(20-3)4-5-14(11)16/h4-6,9,12-13H,7-8H2,1-3H3,(H,18,19). The van der Waals surface area contributed by atoms with Gasteiger partial charge >= 0.3 is 5.97 Å². The van der Waals surface area contributed by atoms with E-state index in [0.717, 1.165) is 22.3 Å². The number of hydrogen-bond acceptors (Lipinski definition) is 3. The lowest BCUT2D eigenvalue weighted by molar-refractivity contribution is -0.141. The quantitative estimate of drug-likeness (QED) is 0.914. The van der Waals surface area contributed by atoms with Gasteiger partial charge in [-0.05, 0) is 37.6 Å². The predicted octanol–water partition coefficient (Wildman–Crippen LogP) is 2.97. The van der Waals surface area contributed by atoms with Crippen molar-refractivity contribution < 1.29 is 14.6 Å². The molecule has 1 heterocycles. The first kappa shape index (κ1) is 15.3. The van der Waals surface area contributed by atoms with Crippen molar-refractivity contribution in [3.8, 4) is 5.75 Å². The summed E-state index contributed by atoms with van der Waals surface area (Å²) < 4.78 is 6.20. The summed E-state index contributed by atoms with van der Waals surface area (Å²) in [4.78, 5) is 13.8. The van der Waals surface area contributed by atoms with Crippen molar-refractivity contribution in [2.24, 2.45) is 5.92 Å². The molecule has 0 aliphatic carbocycles. The maximum Gasteiger partial charge on any atom is 0.308 e. The zero-order valence-corrected chi connectivity index (χ0v) is 13.6. The van der Waals surface area contributed by atoms with Gasteiger partial charge in [-0.1, -0.05) is 15.9 Å². The Labute approximate surface area is 127 Å². The summed E-state index contributed by atoms with van der Waals surface area (Å²) in [5.74, 6) is -0.358. The number of methoxy groups -OCH3 is 1. The number of likely N-dealkylation sites (tertiary alicyclic amines) is 1. The number of hydrogen-bond donors (Lipinski definition) is 1. The van der Waals surface area contributed by atoms with Crippen molar-refractivity contribution in [3.63, 3.8) is 0 Å². The molecule has 1 saturated heterocycles. The molecule has 0 bridgehead atoms. The molecule has 1 N–H and O–H groups in total. The first-order chi connectivity index (χ1) is 9.43. The zero-order valence-electron chi connectivity index (χ0n) is 12.0. The van der Waals surface area contributed by atoms with E-state index in [2.05, 4.69) is 34.7 Å². The molecule has 1 fully saturated rings. The Kier molecular flexibility index (Phi) is 4.70. The van der Waals surface area contributed by atoms with Crippen LogP contribution < -0.4 is 4.74 Å². The minimum absolute atomic E-state index is 0.0145. The summed E-state index contributed by atoms with van der Waals surface area (Å²) >= 11 is 3.54. The molecule has 4 nitrogen and oxygen atoms in total. The molecule has 0 radical (unpaired) electrons. The van der Waals surface area contributed by atoms with E-state index in [9.17, 15) is 9.90 Å². The van der Waals surface area contributed by atoms with Crippen LogP contribution in [0.25, 0.3) is 0 Å². The number of aliphatic carboxylic acids is 1. The highest BCUT2D eigenvalue weighted by molar-refractivity contribution is 9.10. The average molecular weight is 342 g/mol. The van der Waals surface area contributed by atoms with Crippen LogP contribution >= 0.6 is 15.9 Å². The molecular formula is C15H20BrNO3. The van der Waals surface area contributed by atoms with E-state index < -0.39 is 5.97 Å². The summed E-state index contributed by atoms with van der Waals surface area (Å²) in [5, 5.41) is 9.49. The maximum absolute atomic E-state index is 11.5. The minimum Gasteiger partial charge on any atom is -0.497 e. The Hall–Kier alpha value is -1.07. The van der Waals surface area contributed by atoms with Gasteiger partial charge in [0.05, 0.1) is 13.0 Å². The molecule has 1 aromatic carbocycles. The van der Waals surface area contributed by atoms with Gasteiger partial charge in [-0.25, -0.2) is 0 Å². The first-order valence-electron chi connectivity index (χ1n) is 6.74. The molecule has 0 amide bonds. The van der Waals surface area contributed by atoms with Gasteiger partial charge in [-0.3, -0.25) is 9.69 Å². The Morgan fingerprint density at radius 3 is 2.70 bits per heavy atom. The minimum atomic E-state index is -0.729. The van der Waals surface area contributed by atoms with Crippen LogP contribution in [0.2, 0.25) is 0 Å². The first-order valence-corrected chi connectivity index (χ1v) is 7.53. The zero-order chi connectivity index (χ0) is 14.9.